The Balaban J connectivity index is 2.86. The van der Waals surface area contributed by atoms with Crippen molar-refractivity contribution in [2.75, 3.05) is 24.2 Å². The maximum Gasteiger partial charge on any atom is 0.151 e. The van der Waals surface area contributed by atoms with Crippen molar-refractivity contribution in [2.24, 2.45) is 5.92 Å². The number of anilines is 2. The summed E-state index contributed by atoms with van der Waals surface area (Å²) >= 11 is 0. The standard InChI is InChI=1S/C12H18F2N2/c1-8(2)4-5-16(3)12-10(13)6-9(15)7-11(12)14/h6-8H,4-5,15H2,1-3H3. The minimum absolute atomic E-state index is 0.00477. The minimum Gasteiger partial charge on any atom is -0.399 e. The average molecular weight is 228 g/mol. The fourth-order valence-electron chi connectivity index (χ4n) is 1.51. The predicted octanol–water partition coefficient (Wildman–Crippen LogP) is 3.03. The van der Waals surface area contributed by atoms with Gasteiger partial charge in [0.25, 0.3) is 0 Å². The van der Waals surface area contributed by atoms with E-state index in [0.29, 0.717) is 12.5 Å². The first-order valence-corrected chi connectivity index (χ1v) is 5.37. The van der Waals surface area contributed by atoms with Gasteiger partial charge in [0.1, 0.15) is 5.69 Å². The molecule has 0 radical (unpaired) electrons. The number of rotatable bonds is 4. The molecule has 0 saturated carbocycles. The van der Waals surface area contributed by atoms with Crippen LogP contribution in [0, 0.1) is 17.6 Å². The molecular weight excluding hydrogens is 210 g/mol. The molecule has 0 saturated heterocycles. The summed E-state index contributed by atoms with van der Waals surface area (Å²) in [7, 11) is 1.68. The molecule has 4 heteroatoms. The van der Waals surface area contributed by atoms with E-state index in [2.05, 4.69) is 13.8 Å². The molecule has 0 amide bonds. The van der Waals surface area contributed by atoms with Crippen molar-refractivity contribution in [1.82, 2.24) is 0 Å². The molecule has 0 atom stereocenters. The summed E-state index contributed by atoms with van der Waals surface area (Å²) in [5.41, 5.74) is 5.45. The van der Waals surface area contributed by atoms with Crippen LogP contribution in [-0.4, -0.2) is 13.6 Å². The molecule has 0 fully saturated rings. The molecule has 0 unspecified atom stereocenters. The van der Waals surface area contributed by atoms with E-state index < -0.39 is 11.6 Å². The van der Waals surface area contributed by atoms with Gasteiger partial charge in [0, 0.05) is 19.3 Å². The molecule has 0 aliphatic heterocycles. The first-order chi connectivity index (χ1) is 7.41. The Morgan fingerprint density at radius 2 is 1.75 bits per heavy atom. The maximum atomic E-state index is 13.5. The fourth-order valence-corrected chi connectivity index (χ4v) is 1.51. The van der Waals surface area contributed by atoms with E-state index in [-0.39, 0.29) is 11.4 Å². The Hall–Kier alpha value is -1.32. The van der Waals surface area contributed by atoms with Crippen LogP contribution in [-0.2, 0) is 0 Å². The number of hydrogen-bond acceptors (Lipinski definition) is 2. The van der Waals surface area contributed by atoms with Gasteiger partial charge < -0.3 is 10.6 Å². The highest BCUT2D eigenvalue weighted by molar-refractivity contribution is 5.55. The second-order valence-electron chi connectivity index (χ2n) is 4.44. The lowest BCUT2D eigenvalue weighted by Gasteiger charge is -2.21. The molecule has 0 spiro atoms. The van der Waals surface area contributed by atoms with Gasteiger partial charge in [-0.15, -0.1) is 0 Å². The summed E-state index contributed by atoms with van der Waals surface area (Å²) in [5, 5.41) is 0. The largest absolute Gasteiger partial charge is 0.399 e. The van der Waals surface area contributed by atoms with Crippen LogP contribution in [0.3, 0.4) is 0 Å². The molecule has 1 aromatic carbocycles. The molecule has 1 rings (SSSR count). The number of nitrogen functional groups attached to an aromatic ring is 1. The van der Waals surface area contributed by atoms with Crippen LogP contribution in [0.5, 0.6) is 0 Å². The van der Waals surface area contributed by atoms with Gasteiger partial charge in [-0.2, -0.15) is 0 Å². The quantitative estimate of drug-likeness (QED) is 0.803. The van der Waals surface area contributed by atoms with Crippen LogP contribution in [0.1, 0.15) is 20.3 Å². The maximum absolute atomic E-state index is 13.5. The molecule has 2 nitrogen and oxygen atoms in total. The smallest absolute Gasteiger partial charge is 0.151 e. The summed E-state index contributed by atoms with van der Waals surface area (Å²) in [4.78, 5) is 1.59. The number of nitrogens with zero attached hydrogens (tertiary/aromatic N) is 1. The average Bonchev–Trinajstić information content (AvgIpc) is 2.12. The van der Waals surface area contributed by atoms with Gasteiger partial charge in [0.05, 0.1) is 0 Å². The fraction of sp³-hybridized carbons (Fsp3) is 0.500. The number of halogens is 2. The Morgan fingerprint density at radius 3 is 2.19 bits per heavy atom. The summed E-state index contributed by atoms with van der Waals surface area (Å²) in [6, 6.07) is 2.29. The molecule has 0 heterocycles. The summed E-state index contributed by atoms with van der Waals surface area (Å²) in [6.45, 7) is 4.77. The van der Waals surface area contributed by atoms with Crippen molar-refractivity contribution in [3.05, 3.63) is 23.8 Å². The van der Waals surface area contributed by atoms with Crippen molar-refractivity contribution in [2.45, 2.75) is 20.3 Å². The van der Waals surface area contributed by atoms with Crippen LogP contribution in [0.25, 0.3) is 0 Å². The van der Waals surface area contributed by atoms with Crippen molar-refractivity contribution in [3.63, 3.8) is 0 Å². The third-order valence-electron chi connectivity index (χ3n) is 2.46. The number of nitrogens with two attached hydrogens (primary N) is 1. The third-order valence-corrected chi connectivity index (χ3v) is 2.46. The lowest BCUT2D eigenvalue weighted by atomic mass is 10.1. The van der Waals surface area contributed by atoms with Crippen molar-refractivity contribution < 1.29 is 8.78 Å². The molecular formula is C12H18F2N2. The van der Waals surface area contributed by atoms with Gasteiger partial charge >= 0.3 is 0 Å². The summed E-state index contributed by atoms with van der Waals surface area (Å²) < 4.78 is 27.0. The zero-order valence-corrected chi connectivity index (χ0v) is 9.93. The first kappa shape index (κ1) is 12.7. The second-order valence-corrected chi connectivity index (χ2v) is 4.44. The van der Waals surface area contributed by atoms with E-state index in [1.54, 1.807) is 11.9 Å². The predicted molar refractivity (Wildman–Crippen MR) is 63.5 cm³/mol. The topological polar surface area (TPSA) is 29.3 Å². The normalized spacial score (nSPS) is 10.9. The van der Waals surface area contributed by atoms with Gasteiger partial charge in [-0.25, -0.2) is 8.78 Å². The van der Waals surface area contributed by atoms with Gasteiger partial charge in [-0.3, -0.25) is 0 Å². The first-order valence-electron chi connectivity index (χ1n) is 5.37. The Bertz CT molecular complexity index is 341. The Labute approximate surface area is 95.1 Å². The van der Waals surface area contributed by atoms with Gasteiger partial charge in [0.15, 0.2) is 11.6 Å². The van der Waals surface area contributed by atoms with Crippen molar-refractivity contribution in [1.29, 1.82) is 0 Å². The Kier molecular flexibility index (Phi) is 4.10. The van der Waals surface area contributed by atoms with Crippen molar-refractivity contribution in [3.8, 4) is 0 Å². The van der Waals surface area contributed by atoms with Gasteiger partial charge in [-0.1, -0.05) is 13.8 Å². The van der Waals surface area contributed by atoms with E-state index in [1.165, 1.54) is 0 Å². The highest BCUT2D eigenvalue weighted by atomic mass is 19.1. The van der Waals surface area contributed by atoms with Gasteiger partial charge in [0.2, 0.25) is 0 Å². The highest BCUT2D eigenvalue weighted by Gasteiger charge is 2.14. The zero-order valence-electron chi connectivity index (χ0n) is 9.93. The Morgan fingerprint density at radius 1 is 1.25 bits per heavy atom. The van der Waals surface area contributed by atoms with E-state index >= 15 is 0 Å². The van der Waals surface area contributed by atoms with E-state index in [0.717, 1.165) is 18.6 Å². The zero-order chi connectivity index (χ0) is 12.3. The molecule has 0 aliphatic carbocycles. The van der Waals surface area contributed by atoms with Crippen LogP contribution >= 0.6 is 0 Å². The SMILES string of the molecule is CC(C)CCN(C)c1c(F)cc(N)cc1F. The van der Waals surface area contributed by atoms with Crippen LogP contribution < -0.4 is 10.6 Å². The molecule has 0 aliphatic rings. The summed E-state index contributed by atoms with van der Waals surface area (Å²) in [5.74, 6) is -0.713. The van der Waals surface area contributed by atoms with E-state index in [1.807, 2.05) is 0 Å². The molecule has 90 valence electrons. The minimum atomic E-state index is -0.608. The molecule has 2 N–H and O–H groups in total. The van der Waals surface area contributed by atoms with E-state index in [9.17, 15) is 8.78 Å². The van der Waals surface area contributed by atoms with Crippen LogP contribution in [0.15, 0.2) is 12.1 Å². The van der Waals surface area contributed by atoms with Crippen LogP contribution in [0.2, 0.25) is 0 Å². The van der Waals surface area contributed by atoms with Crippen LogP contribution in [0.4, 0.5) is 20.2 Å². The third kappa shape index (κ3) is 3.08. The molecule has 16 heavy (non-hydrogen) atoms. The lowest BCUT2D eigenvalue weighted by Crippen LogP contribution is -2.22. The highest BCUT2D eigenvalue weighted by Crippen LogP contribution is 2.25. The molecule has 0 aromatic heterocycles. The number of hydrogen-bond donors (Lipinski definition) is 1. The number of benzene rings is 1. The second kappa shape index (κ2) is 5.14. The molecule has 1 aromatic rings. The van der Waals surface area contributed by atoms with Crippen molar-refractivity contribution >= 4 is 11.4 Å². The van der Waals surface area contributed by atoms with E-state index in [4.69, 9.17) is 5.73 Å². The van der Waals surface area contributed by atoms with Gasteiger partial charge in [-0.05, 0) is 24.5 Å². The lowest BCUT2D eigenvalue weighted by molar-refractivity contribution is 0.553. The monoisotopic (exact) mass is 228 g/mol. The molecule has 0 bridgehead atoms. The summed E-state index contributed by atoms with van der Waals surface area (Å²) in [6.07, 6.45) is 0.889.